The van der Waals surface area contributed by atoms with Gasteiger partial charge in [-0.2, -0.15) is 18.4 Å². The molecule has 1 heterocycles. The zero-order chi connectivity index (χ0) is 20.4. The highest BCUT2D eigenvalue weighted by Crippen LogP contribution is 2.33. The van der Waals surface area contributed by atoms with Crippen molar-refractivity contribution in [3.05, 3.63) is 83.3 Å². The van der Waals surface area contributed by atoms with Gasteiger partial charge in [-0.25, -0.2) is 13.4 Å². The SMILES string of the molecule is N#C/C(=C\c1cn(-c2ccccc2C(F)(F)F)cn1)S(=O)(=O)c1ccccc1. The summed E-state index contributed by atoms with van der Waals surface area (Å²) in [7, 11) is -4.07. The number of sulfone groups is 1. The minimum atomic E-state index is -4.56. The molecular weight excluding hydrogens is 391 g/mol. The smallest absolute Gasteiger partial charge is 0.305 e. The second kappa shape index (κ2) is 7.32. The quantitative estimate of drug-likeness (QED) is 0.611. The number of nitrogens with zero attached hydrogens (tertiary/aromatic N) is 3. The standard InChI is InChI=1S/C19H12F3N3O2S/c20-19(21,22)17-8-4-5-9-18(17)25-12-14(24-13-25)10-16(11-23)28(26,27)15-6-2-1-3-7-15/h1-10,12-13H/b16-10+. The zero-order valence-corrected chi connectivity index (χ0v) is 14.9. The van der Waals surface area contributed by atoms with Gasteiger partial charge in [-0.05, 0) is 30.3 Å². The number of hydrogen-bond donors (Lipinski definition) is 0. The van der Waals surface area contributed by atoms with Gasteiger partial charge in [-0.15, -0.1) is 0 Å². The fraction of sp³-hybridized carbons (Fsp3) is 0.0526. The van der Waals surface area contributed by atoms with E-state index in [-0.39, 0.29) is 16.3 Å². The van der Waals surface area contributed by atoms with Crippen molar-refractivity contribution in [2.45, 2.75) is 11.1 Å². The molecule has 3 aromatic rings. The Labute approximate surface area is 158 Å². The number of para-hydroxylation sites is 1. The van der Waals surface area contributed by atoms with Gasteiger partial charge in [0.25, 0.3) is 0 Å². The van der Waals surface area contributed by atoms with Crippen molar-refractivity contribution in [1.29, 1.82) is 5.26 Å². The monoisotopic (exact) mass is 403 g/mol. The number of hydrogen-bond acceptors (Lipinski definition) is 4. The maximum Gasteiger partial charge on any atom is 0.418 e. The number of rotatable bonds is 4. The molecule has 0 atom stereocenters. The van der Waals surface area contributed by atoms with Crippen molar-refractivity contribution in [1.82, 2.24) is 9.55 Å². The lowest BCUT2D eigenvalue weighted by molar-refractivity contribution is -0.137. The van der Waals surface area contributed by atoms with E-state index < -0.39 is 26.5 Å². The maximum absolute atomic E-state index is 13.2. The highest BCUT2D eigenvalue weighted by Gasteiger charge is 2.33. The molecule has 142 valence electrons. The molecule has 0 aliphatic rings. The van der Waals surface area contributed by atoms with Crippen LogP contribution in [-0.4, -0.2) is 18.0 Å². The van der Waals surface area contributed by atoms with Crippen molar-refractivity contribution >= 4 is 15.9 Å². The highest BCUT2D eigenvalue weighted by molar-refractivity contribution is 7.95. The number of aromatic nitrogens is 2. The van der Waals surface area contributed by atoms with Gasteiger partial charge in [0.2, 0.25) is 9.84 Å². The molecule has 28 heavy (non-hydrogen) atoms. The van der Waals surface area contributed by atoms with E-state index >= 15 is 0 Å². The predicted octanol–water partition coefficient (Wildman–Crippen LogP) is 4.23. The molecule has 3 rings (SSSR count). The van der Waals surface area contributed by atoms with Crippen LogP contribution in [0.4, 0.5) is 13.2 Å². The second-order valence-corrected chi connectivity index (χ2v) is 7.58. The van der Waals surface area contributed by atoms with Crippen molar-refractivity contribution in [3.63, 3.8) is 0 Å². The second-order valence-electron chi connectivity index (χ2n) is 5.66. The van der Waals surface area contributed by atoms with Gasteiger partial charge in [0.1, 0.15) is 6.07 Å². The normalized spacial score (nSPS) is 12.6. The summed E-state index contributed by atoms with van der Waals surface area (Å²) in [5.41, 5.74) is -0.986. The van der Waals surface area contributed by atoms with E-state index in [1.165, 1.54) is 48.7 Å². The molecule has 0 radical (unpaired) electrons. The van der Waals surface area contributed by atoms with Crippen LogP contribution in [-0.2, 0) is 16.0 Å². The average Bonchev–Trinajstić information content (AvgIpc) is 3.14. The Kier molecular flexibility index (Phi) is 5.07. The third-order valence-corrected chi connectivity index (χ3v) is 5.50. The number of alkyl halides is 3. The topological polar surface area (TPSA) is 75.8 Å². The summed E-state index contributed by atoms with van der Waals surface area (Å²) in [4.78, 5) is 3.29. The van der Waals surface area contributed by atoms with Gasteiger partial charge < -0.3 is 4.57 Å². The van der Waals surface area contributed by atoms with Crippen molar-refractivity contribution in [2.24, 2.45) is 0 Å². The van der Waals surface area contributed by atoms with E-state index in [0.717, 1.165) is 23.0 Å². The molecule has 5 nitrogen and oxygen atoms in total. The lowest BCUT2D eigenvalue weighted by Crippen LogP contribution is -2.09. The van der Waals surface area contributed by atoms with Crippen LogP contribution in [0, 0.1) is 11.3 Å². The van der Waals surface area contributed by atoms with E-state index in [1.807, 2.05) is 0 Å². The van der Waals surface area contributed by atoms with Gasteiger partial charge in [0, 0.05) is 6.20 Å². The predicted molar refractivity (Wildman–Crippen MR) is 95.8 cm³/mol. The summed E-state index contributed by atoms with van der Waals surface area (Å²) in [6, 6.07) is 13.9. The summed E-state index contributed by atoms with van der Waals surface area (Å²) >= 11 is 0. The fourth-order valence-electron chi connectivity index (χ4n) is 2.51. The van der Waals surface area contributed by atoms with Gasteiger partial charge in [0.05, 0.1) is 28.2 Å². The molecule has 1 aromatic heterocycles. The number of nitriles is 1. The van der Waals surface area contributed by atoms with Crippen molar-refractivity contribution < 1.29 is 21.6 Å². The third-order valence-electron chi connectivity index (χ3n) is 3.82. The van der Waals surface area contributed by atoms with E-state index in [1.54, 1.807) is 12.1 Å². The minimum absolute atomic E-state index is 0.0352. The summed E-state index contributed by atoms with van der Waals surface area (Å²) in [5, 5.41) is 9.28. The first-order chi connectivity index (χ1) is 13.2. The molecule has 0 bridgehead atoms. The van der Waals surface area contributed by atoms with Crippen LogP contribution in [0.15, 0.2) is 76.9 Å². The number of benzene rings is 2. The van der Waals surface area contributed by atoms with Crippen molar-refractivity contribution in [2.75, 3.05) is 0 Å². The Hall–Kier alpha value is -3.38. The fourth-order valence-corrected chi connectivity index (χ4v) is 3.68. The third kappa shape index (κ3) is 3.82. The van der Waals surface area contributed by atoms with Crippen LogP contribution in [0.5, 0.6) is 0 Å². The van der Waals surface area contributed by atoms with E-state index in [9.17, 15) is 26.9 Å². The van der Waals surface area contributed by atoms with Gasteiger partial charge in [-0.1, -0.05) is 30.3 Å². The number of allylic oxidation sites excluding steroid dienone is 1. The minimum Gasteiger partial charge on any atom is -0.305 e. The van der Waals surface area contributed by atoms with E-state index in [2.05, 4.69) is 4.98 Å². The van der Waals surface area contributed by atoms with Gasteiger partial charge in [0.15, 0.2) is 4.91 Å². The van der Waals surface area contributed by atoms with Crippen LogP contribution in [0.3, 0.4) is 0 Å². The molecular formula is C19H12F3N3O2S. The summed E-state index contributed by atoms with van der Waals surface area (Å²) in [6.45, 7) is 0. The number of halogens is 3. The molecule has 0 spiro atoms. The molecule has 0 amide bonds. The molecule has 0 N–H and O–H groups in total. The van der Waals surface area contributed by atoms with Crippen LogP contribution in [0.2, 0.25) is 0 Å². The first-order valence-corrected chi connectivity index (χ1v) is 9.34. The Morgan fingerprint density at radius 2 is 1.71 bits per heavy atom. The Balaban J connectivity index is 2.03. The molecule has 0 aliphatic carbocycles. The Morgan fingerprint density at radius 3 is 2.36 bits per heavy atom. The Morgan fingerprint density at radius 1 is 1.07 bits per heavy atom. The van der Waals surface area contributed by atoms with Gasteiger partial charge >= 0.3 is 6.18 Å². The van der Waals surface area contributed by atoms with Gasteiger partial charge in [-0.3, -0.25) is 0 Å². The molecule has 2 aromatic carbocycles. The molecule has 0 aliphatic heterocycles. The van der Waals surface area contributed by atoms with Crippen LogP contribution in [0.1, 0.15) is 11.3 Å². The summed E-state index contributed by atoms with van der Waals surface area (Å²) < 4.78 is 65.8. The van der Waals surface area contributed by atoms with Crippen molar-refractivity contribution in [3.8, 4) is 11.8 Å². The number of imidazole rings is 1. The highest BCUT2D eigenvalue weighted by atomic mass is 32.2. The molecule has 0 saturated heterocycles. The molecule has 9 heteroatoms. The van der Waals surface area contributed by atoms with Crippen LogP contribution >= 0.6 is 0 Å². The largest absolute Gasteiger partial charge is 0.418 e. The zero-order valence-electron chi connectivity index (χ0n) is 14.1. The lowest BCUT2D eigenvalue weighted by Gasteiger charge is -2.12. The van der Waals surface area contributed by atoms with E-state index in [4.69, 9.17) is 0 Å². The molecule has 0 saturated carbocycles. The van der Waals surface area contributed by atoms with Crippen LogP contribution < -0.4 is 0 Å². The average molecular weight is 403 g/mol. The lowest BCUT2D eigenvalue weighted by atomic mass is 10.1. The van der Waals surface area contributed by atoms with E-state index in [0.29, 0.717) is 0 Å². The maximum atomic E-state index is 13.2. The molecule has 0 fully saturated rings. The molecule has 0 unspecified atom stereocenters. The Bertz CT molecular complexity index is 1170. The summed E-state index contributed by atoms with van der Waals surface area (Å²) in [5.74, 6) is 0. The summed E-state index contributed by atoms with van der Waals surface area (Å²) in [6.07, 6.45) is -1.19. The first kappa shape index (κ1) is 19.4. The van der Waals surface area contributed by atoms with Crippen LogP contribution in [0.25, 0.3) is 11.8 Å². The first-order valence-electron chi connectivity index (χ1n) is 7.86.